The van der Waals surface area contributed by atoms with E-state index in [9.17, 15) is 0 Å². The van der Waals surface area contributed by atoms with E-state index in [2.05, 4.69) is 0 Å². The predicted molar refractivity (Wildman–Crippen MR) is 134 cm³/mol. The Labute approximate surface area is 223 Å². The smallest absolute Gasteiger partial charge is 0.184 e. The van der Waals surface area contributed by atoms with Gasteiger partial charge in [-0.2, -0.15) is 0 Å². The Hall–Kier alpha value is -1.71. The van der Waals surface area contributed by atoms with Crippen LogP contribution in [0, 0.1) is 0 Å². The minimum Gasteiger partial charge on any atom is -0.346 e. The largest absolute Gasteiger partial charge is 0.346 e. The number of rotatable bonds is 3. The number of halogens is 3. The lowest BCUT2D eigenvalue weighted by atomic mass is 10.0. The molecule has 188 valence electrons. The van der Waals surface area contributed by atoms with Crippen molar-refractivity contribution in [2.75, 3.05) is 13.2 Å². The zero-order chi connectivity index (χ0) is 24.6. The van der Waals surface area contributed by atoms with Crippen LogP contribution in [0.2, 0.25) is 15.1 Å². The van der Waals surface area contributed by atoms with Crippen molar-refractivity contribution in [1.29, 1.82) is 0 Å². The van der Waals surface area contributed by atoms with Crippen LogP contribution in [0.25, 0.3) is 0 Å². The van der Waals surface area contributed by atoms with Gasteiger partial charge in [-0.1, -0.05) is 71.2 Å². The van der Waals surface area contributed by atoms with Crippen molar-refractivity contribution in [1.82, 2.24) is 0 Å². The Kier molecular flexibility index (Phi) is 7.23. The third-order valence-corrected chi connectivity index (χ3v) is 7.22. The van der Waals surface area contributed by atoms with Crippen LogP contribution in [-0.4, -0.2) is 37.6 Å². The maximum Gasteiger partial charge on any atom is 0.184 e. The summed E-state index contributed by atoms with van der Waals surface area (Å²) in [6, 6.07) is 22.1. The molecule has 3 heterocycles. The molecule has 0 N–H and O–H groups in total. The summed E-state index contributed by atoms with van der Waals surface area (Å²) in [5, 5.41) is 1.92. The van der Waals surface area contributed by atoms with E-state index in [1.54, 1.807) is 12.1 Å². The van der Waals surface area contributed by atoms with Crippen LogP contribution in [0.3, 0.4) is 0 Å². The first-order chi connectivity index (χ1) is 17.5. The van der Waals surface area contributed by atoms with Crippen LogP contribution in [0.15, 0.2) is 72.8 Å². The molecule has 7 atom stereocenters. The zero-order valence-electron chi connectivity index (χ0n) is 19.0. The second kappa shape index (κ2) is 10.6. The SMILES string of the molecule is Clc1ccc(C2OC[C@@H]3OC(c4ccc(Cl)cc4)O[C@@H]4COC(c5ccc(Cl)cc5)O[C@H]4[C@@H]3O2)cc1. The summed E-state index contributed by atoms with van der Waals surface area (Å²) in [5.41, 5.74) is 2.55. The van der Waals surface area contributed by atoms with Crippen LogP contribution in [0.1, 0.15) is 35.6 Å². The molecular weight excluding hydrogens is 527 g/mol. The minimum absolute atomic E-state index is 0.296. The van der Waals surface area contributed by atoms with E-state index < -0.39 is 43.3 Å². The normalized spacial score (nSPS) is 32.2. The summed E-state index contributed by atoms with van der Waals surface area (Å²) in [4.78, 5) is 0. The number of ether oxygens (including phenoxy) is 6. The summed E-state index contributed by atoms with van der Waals surface area (Å²) in [7, 11) is 0. The van der Waals surface area contributed by atoms with Crippen LogP contribution in [0.4, 0.5) is 0 Å². The highest BCUT2D eigenvalue weighted by molar-refractivity contribution is 6.31. The molecule has 0 aromatic heterocycles. The predicted octanol–water partition coefficient (Wildman–Crippen LogP) is 6.66. The maximum atomic E-state index is 6.48. The third-order valence-electron chi connectivity index (χ3n) is 6.47. The molecule has 3 aliphatic heterocycles. The van der Waals surface area contributed by atoms with Gasteiger partial charge >= 0.3 is 0 Å². The van der Waals surface area contributed by atoms with Crippen molar-refractivity contribution in [3.63, 3.8) is 0 Å². The van der Waals surface area contributed by atoms with Crippen molar-refractivity contribution >= 4 is 34.8 Å². The van der Waals surface area contributed by atoms with Crippen LogP contribution in [0.5, 0.6) is 0 Å². The summed E-state index contributed by atoms with van der Waals surface area (Å²) in [5.74, 6) is 0. The van der Waals surface area contributed by atoms with Gasteiger partial charge in [-0.3, -0.25) is 0 Å². The van der Waals surface area contributed by atoms with Gasteiger partial charge < -0.3 is 28.4 Å². The first-order valence-electron chi connectivity index (χ1n) is 11.6. The first-order valence-corrected chi connectivity index (χ1v) is 12.8. The third kappa shape index (κ3) is 5.16. The van der Waals surface area contributed by atoms with Gasteiger partial charge in [0, 0.05) is 31.8 Å². The lowest BCUT2D eigenvalue weighted by Crippen LogP contribution is -2.55. The van der Waals surface area contributed by atoms with Gasteiger partial charge in [0.05, 0.1) is 13.2 Å². The quantitative estimate of drug-likeness (QED) is 0.364. The van der Waals surface area contributed by atoms with Crippen molar-refractivity contribution < 1.29 is 28.4 Å². The molecule has 0 amide bonds. The molecule has 0 bridgehead atoms. The molecule has 0 spiro atoms. The molecule has 6 rings (SSSR count). The number of fused-ring (bicyclic) bond motifs is 3. The zero-order valence-corrected chi connectivity index (χ0v) is 21.2. The van der Waals surface area contributed by atoms with Crippen LogP contribution < -0.4 is 0 Å². The van der Waals surface area contributed by atoms with E-state index in [0.29, 0.717) is 28.3 Å². The fourth-order valence-corrected chi connectivity index (χ4v) is 5.00. The summed E-state index contributed by atoms with van der Waals surface area (Å²) < 4.78 is 37.9. The Balaban J connectivity index is 1.30. The molecule has 3 saturated heterocycles. The molecule has 3 unspecified atom stereocenters. The lowest BCUT2D eigenvalue weighted by Gasteiger charge is -2.42. The second-order valence-corrected chi connectivity index (χ2v) is 10.2. The second-order valence-electron chi connectivity index (χ2n) is 8.87. The van der Waals surface area contributed by atoms with Crippen LogP contribution in [-0.2, 0) is 28.4 Å². The van der Waals surface area contributed by atoms with Gasteiger partial charge in [-0.25, -0.2) is 0 Å². The number of benzene rings is 3. The average molecular weight is 550 g/mol. The van der Waals surface area contributed by atoms with Crippen molar-refractivity contribution in [3.05, 3.63) is 105 Å². The van der Waals surface area contributed by atoms with E-state index in [-0.39, 0.29) is 0 Å². The van der Waals surface area contributed by atoms with Crippen molar-refractivity contribution in [3.8, 4) is 0 Å². The van der Waals surface area contributed by atoms with Crippen LogP contribution >= 0.6 is 34.8 Å². The maximum absolute atomic E-state index is 6.48. The monoisotopic (exact) mass is 548 g/mol. The molecule has 0 radical (unpaired) electrons. The van der Waals surface area contributed by atoms with Gasteiger partial charge in [0.25, 0.3) is 0 Å². The molecule has 3 aliphatic rings. The standard InChI is InChI=1S/C27H23Cl3O6/c28-18-7-1-15(2-8-18)25-31-13-21-23(35-25)24-22(34-27(33-21)17-5-11-20(30)12-6-17)14-32-26(36-24)16-3-9-19(29)10-4-16/h1-12,21-27H,13-14H2/t21-,22+,23-,24-,25?,26?,27?/m1/s1. The fraction of sp³-hybridized carbons (Fsp3) is 0.333. The summed E-state index contributed by atoms with van der Waals surface area (Å²) in [6.07, 6.45) is -3.67. The first kappa shape index (κ1) is 24.6. The van der Waals surface area contributed by atoms with Crippen molar-refractivity contribution in [2.45, 2.75) is 43.3 Å². The van der Waals surface area contributed by atoms with Gasteiger partial charge in [0.2, 0.25) is 0 Å². The highest BCUT2D eigenvalue weighted by Gasteiger charge is 2.50. The number of hydrogen-bond acceptors (Lipinski definition) is 6. The van der Waals surface area contributed by atoms with Gasteiger partial charge in [0.15, 0.2) is 18.9 Å². The minimum atomic E-state index is -0.664. The van der Waals surface area contributed by atoms with E-state index in [1.165, 1.54) is 0 Å². The molecule has 3 aromatic rings. The molecule has 6 nitrogen and oxygen atoms in total. The Morgan fingerprint density at radius 3 is 1.14 bits per heavy atom. The topological polar surface area (TPSA) is 55.4 Å². The van der Waals surface area contributed by atoms with Gasteiger partial charge in [-0.05, 0) is 36.4 Å². The van der Waals surface area contributed by atoms with E-state index >= 15 is 0 Å². The van der Waals surface area contributed by atoms with Gasteiger partial charge in [-0.15, -0.1) is 0 Å². The highest BCUT2D eigenvalue weighted by Crippen LogP contribution is 2.42. The lowest BCUT2D eigenvalue weighted by molar-refractivity contribution is -0.319. The molecule has 0 saturated carbocycles. The van der Waals surface area contributed by atoms with E-state index in [0.717, 1.165) is 16.7 Å². The number of hydrogen-bond donors (Lipinski definition) is 0. The Bertz CT molecular complexity index is 1100. The Morgan fingerprint density at radius 2 is 0.778 bits per heavy atom. The van der Waals surface area contributed by atoms with E-state index in [1.807, 2.05) is 60.7 Å². The van der Waals surface area contributed by atoms with Crippen molar-refractivity contribution in [2.24, 2.45) is 0 Å². The molecule has 0 aliphatic carbocycles. The van der Waals surface area contributed by atoms with Gasteiger partial charge in [0.1, 0.15) is 24.4 Å². The average Bonchev–Trinajstić information content (AvgIpc) is 3.06. The molecule has 3 fully saturated rings. The fourth-order valence-electron chi connectivity index (χ4n) is 4.62. The molecule has 3 aromatic carbocycles. The Morgan fingerprint density at radius 1 is 0.444 bits per heavy atom. The molecule has 9 heteroatoms. The highest BCUT2D eigenvalue weighted by atomic mass is 35.5. The molecule has 36 heavy (non-hydrogen) atoms. The van der Waals surface area contributed by atoms with E-state index in [4.69, 9.17) is 63.2 Å². The molecular formula is C27H23Cl3O6. The summed E-state index contributed by atoms with van der Waals surface area (Å²) >= 11 is 18.2. The summed E-state index contributed by atoms with van der Waals surface area (Å²) in [6.45, 7) is 0.592.